The molecule has 0 saturated carbocycles. The zero-order chi connectivity index (χ0) is 16.8. The van der Waals surface area contributed by atoms with Crippen LogP contribution in [0.25, 0.3) is 0 Å². The molecule has 5 nitrogen and oxygen atoms in total. The number of hydroxylamine groups is 1. The minimum Gasteiger partial charge on any atom is -0.294 e. The van der Waals surface area contributed by atoms with E-state index in [1.165, 1.54) is 0 Å². The number of nitrogens with one attached hydrogen (secondary N) is 1. The Morgan fingerprint density at radius 3 is 2.33 bits per heavy atom. The number of carbonyl (C=O) groups is 2. The van der Waals surface area contributed by atoms with Crippen LogP contribution in [0.15, 0.2) is 48.5 Å². The third-order valence-electron chi connectivity index (χ3n) is 4.45. The van der Waals surface area contributed by atoms with Crippen LogP contribution in [0.2, 0.25) is 5.02 Å². The second-order valence-electron chi connectivity index (χ2n) is 6.06. The van der Waals surface area contributed by atoms with Crippen LogP contribution in [0, 0.1) is 12.8 Å². The van der Waals surface area contributed by atoms with E-state index < -0.39 is 17.9 Å². The highest BCUT2D eigenvalue weighted by molar-refractivity contribution is 6.30. The molecule has 2 aliphatic heterocycles. The van der Waals surface area contributed by atoms with Gasteiger partial charge in [0.2, 0.25) is 5.91 Å². The number of nitrogens with zero attached hydrogens (tertiary/aromatic N) is 1. The Labute approximate surface area is 144 Å². The van der Waals surface area contributed by atoms with Gasteiger partial charge in [-0.2, -0.15) is 0 Å². The van der Waals surface area contributed by atoms with E-state index in [4.69, 9.17) is 16.4 Å². The van der Waals surface area contributed by atoms with Gasteiger partial charge in [-0.05, 0) is 36.8 Å². The summed E-state index contributed by atoms with van der Waals surface area (Å²) >= 11 is 5.97. The molecule has 2 aliphatic rings. The fraction of sp³-hybridized carbons (Fsp3) is 0.222. The summed E-state index contributed by atoms with van der Waals surface area (Å²) in [7, 11) is 0. The zero-order valence-electron chi connectivity index (χ0n) is 12.9. The molecular weight excluding hydrogens is 328 g/mol. The summed E-state index contributed by atoms with van der Waals surface area (Å²) in [6.07, 6.45) is -0.806. The molecule has 2 heterocycles. The van der Waals surface area contributed by atoms with Crippen LogP contribution in [0.1, 0.15) is 17.2 Å². The van der Waals surface area contributed by atoms with E-state index in [1.807, 2.05) is 43.3 Å². The van der Waals surface area contributed by atoms with Crippen molar-refractivity contribution in [3.63, 3.8) is 0 Å². The van der Waals surface area contributed by atoms with Crippen LogP contribution in [0.5, 0.6) is 0 Å². The number of hydrogen-bond acceptors (Lipinski definition) is 4. The van der Waals surface area contributed by atoms with Gasteiger partial charge in [0.25, 0.3) is 5.91 Å². The highest BCUT2D eigenvalue weighted by Gasteiger charge is 2.56. The normalized spacial score (nSPS) is 25.8. The van der Waals surface area contributed by atoms with E-state index in [9.17, 15) is 9.59 Å². The molecule has 0 aromatic heterocycles. The smallest absolute Gasteiger partial charge is 0.259 e. The molecule has 4 rings (SSSR count). The van der Waals surface area contributed by atoms with Gasteiger partial charge in [0.1, 0.15) is 5.92 Å². The molecule has 0 aliphatic carbocycles. The van der Waals surface area contributed by atoms with Crippen molar-refractivity contribution in [3.05, 3.63) is 64.7 Å². The number of aryl methyl sites for hydroxylation is 1. The van der Waals surface area contributed by atoms with E-state index in [0.717, 1.165) is 16.8 Å². The highest BCUT2D eigenvalue weighted by atomic mass is 35.5. The number of halogens is 1. The summed E-state index contributed by atoms with van der Waals surface area (Å²) in [6.45, 7) is 2.00. The fourth-order valence-electron chi connectivity index (χ4n) is 3.25. The maximum atomic E-state index is 12.3. The molecule has 0 bridgehead atoms. The Bertz CT molecular complexity index is 804. The lowest BCUT2D eigenvalue weighted by Crippen LogP contribution is -2.33. The van der Waals surface area contributed by atoms with Crippen LogP contribution in [-0.4, -0.2) is 17.9 Å². The number of anilines is 1. The predicted octanol–water partition coefficient (Wildman–Crippen LogP) is 2.78. The summed E-state index contributed by atoms with van der Waals surface area (Å²) < 4.78 is 0. The van der Waals surface area contributed by atoms with Crippen molar-refractivity contribution < 1.29 is 14.4 Å². The van der Waals surface area contributed by atoms with Crippen molar-refractivity contribution in [2.45, 2.75) is 19.1 Å². The first kappa shape index (κ1) is 15.2. The molecule has 6 heteroatoms. The second kappa shape index (κ2) is 5.61. The molecule has 2 aromatic rings. The fourth-order valence-corrected chi connectivity index (χ4v) is 3.37. The van der Waals surface area contributed by atoms with Crippen molar-refractivity contribution >= 4 is 29.1 Å². The van der Waals surface area contributed by atoms with Gasteiger partial charge in [0.05, 0.1) is 11.7 Å². The largest absolute Gasteiger partial charge is 0.294 e. The van der Waals surface area contributed by atoms with E-state index in [0.29, 0.717) is 5.02 Å². The molecule has 1 N–H and O–H groups in total. The summed E-state index contributed by atoms with van der Waals surface area (Å²) in [5.41, 5.74) is 2.79. The molecule has 0 unspecified atom stereocenters. The molecule has 122 valence electrons. The van der Waals surface area contributed by atoms with E-state index in [2.05, 4.69) is 5.32 Å². The topological polar surface area (TPSA) is 58.6 Å². The standard InChI is InChI=1S/C18H15ClN2O3/c1-10-2-8-13(9-3-10)21-15(11-4-6-12(19)7-5-11)14-16(24-21)18(23)20-17(14)22/h2-9,14-16H,1H3,(H,20,22,23)/t14-,15+,16-/m1/s1. The molecule has 24 heavy (non-hydrogen) atoms. The number of amides is 2. The Kier molecular flexibility index (Phi) is 3.55. The van der Waals surface area contributed by atoms with E-state index in [-0.39, 0.29) is 11.9 Å². The number of fused-ring (bicyclic) bond motifs is 1. The van der Waals surface area contributed by atoms with E-state index in [1.54, 1.807) is 17.2 Å². The lowest BCUT2D eigenvalue weighted by atomic mass is 9.90. The molecule has 2 amide bonds. The number of rotatable bonds is 2. The van der Waals surface area contributed by atoms with Gasteiger partial charge >= 0.3 is 0 Å². The summed E-state index contributed by atoms with van der Waals surface area (Å²) in [4.78, 5) is 30.2. The monoisotopic (exact) mass is 342 g/mol. The molecule has 3 atom stereocenters. The highest BCUT2D eigenvalue weighted by Crippen LogP contribution is 2.44. The third kappa shape index (κ3) is 2.37. The van der Waals surface area contributed by atoms with Gasteiger partial charge in [-0.15, -0.1) is 0 Å². The lowest BCUT2D eigenvalue weighted by molar-refractivity contribution is -0.129. The van der Waals surface area contributed by atoms with Gasteiger partial charge < -0.3 is 0 Å². The maximum Gasteiger partial charge on any atom is 0.259 e. The van der Waals surface area contributed by atoms with Gasteiger partial charge in [0, 0.05) is 5.02 Å². The molecule has 2 fully saturated rings. The molecule has 2 aromatic carbocycles. The first-order chi connectivity index (χ1) is 11.5. The maximum absolute atomic E-state index is 12.3. The third-order valence-corrected chi connectivity index (χ3v) is 4.71. The quantitative estimate of drug-likeness (QED) is 0.853. The minimum atomic E-state index is -0.806. The average Bonchev–Trinajstić information content (AvgIpc) is 3.08. The van der Waals surface area contributed by atoms with Gasteiger partial charge in [-0.25, -0.2) is 5.06 Å². The number of benzene rings is 2. The Hall–Kier alpha value is -2.37. The molecule has 0 spiro atoms. The molecule has 0 radical (unpaired) electrons. The summed E-state index contributed by atoms with van der Waals surface area (Å²) in [5, 5.41) is 4.63. The van der Waals surface area contributed by atoms with Gasteiger partial charge in [-0.3, -0.25) is 19.7 Å². The second-order valence-corrected chi connectivity index (χ2v) is 6.50. The Morgan fingerprint density at radius 1 is 1.00 bits per heavy atom. The van der Waals surface area contributed by atoms with Crippen LogP contribution >= 0.6 is 11.6 Å². The van der Waals surface area contributed by atoms with Crippen LogP contribution in [0.4, 0.5) is 5.69 Å². The number of hydrogen-bond donors (Lipinski definition) is 1. The predicted molar refractivity (Wildman–Crippen MR) is 89.4 cm³/mol. The van der Waals surface area contributed by atoms with Crippen LogP contribution in [0.3, 0.4) is 0 Å². The van der Waals surface area contributed by atoms with Gasteiger partial charge in [-0.1, -0.05) is 41.4 Å². The van der Waals surface area contributed by atoms with Crippen molar-refractivity contribution in [1.29, 1.82) is 0 Å². The Morgan fingerprint density at radius 2 is 1.67 bits per heavy atom. The zero-order valence-corrected chi connectivity index (χ0v) is 13.7. The lowest BCUT2D eigenvalue weighted by Gasteiger charge is -2.27. The first-order valence-corrected chi connectivity index (χ1v) is 8.05. The number of carbonyl (C=O) groups excluding carboxylic acids is 2. The van der Waals surface area contributed by atoms with E-state index >= 15 is 0 Å². The summed E-state index contributed by atoms with van der Waals surface area (Å²) in [5.74, 6) is -1.28. The molecular formula is C18H15ClN2O3. The van der Waals surface area contributed by atoms with Crippen molar-refractivity contribution in [3.8, 4) is 0 Å². The SMILES string of the molecule is Cc1ccc(N2O[C@H]3C(=O)NC(=O)[C@@H]3[C@@H]2c2ccc(Cl)cc2)cc1. The van der Waals surface area contributed by atoms with Crippen molar-refractivity contribution in [1.82, 2.24) is 5.32 Å². The summed E-state index contributed by atoms with van der Waals surface area (Å²) in [6, 6.07) is 14.6. The van der Waals surface area contributed by atoms with Crippen LogP contribution in [-0.2, 0) is 14.4 Å². The van der Waals surface area contributed by atoms with Crippen molar-refractivity contribution in [2.75, 3.05) is 5.06 Å². The number of imide groups is 1. The Balaban J connectivity index is 1.79. The van der Waals surface area contributed by atoms with Gasteiger partial charge in [0.15, 0.2) is 6.10 Å². The first-order valence-electron chi connectivity index (χ1n) is 7.67. The average molecular weight is 343 g/mol. The molecule has 2 saturated heterocycles. The van der Waals surface area contributed by atoms with Crippen molar-refractivity contribution in [2.24, 2.45) is 5.92 Å². The minimum absolute atomic E-state index is 0.306. The van der Waals surface area contributed by atoms with Crippen LogP contribution < -0.4 is 10.4 Å².